The Balaban J connectivity index is 1.44. The van der Waals surface area contributed by atoms with Crippen molar-refractivity contribution < 1.29 is 13.9 Å². The lowest BCUT2D eigenvalue weighted by Gasteiger charge is -2.14. The SMILES string of the molecule is Cc1nnc(CN(C)Cc2cn(Cc3ccccc3)nc2-c2ccc3c(c2)OCO3)o1. The number of ether oxygens (including phenoxy) is 2. The minimum Gasteiger partial charge on any atom is -0.454 e. The molecule has 8 heteroatoms. The van der Waals surface area contributed by atoms with Gasteiger partial charge in [-0.25, -0.2) is 0 Å². The first-order chi connectivity index (χ1) is 15.1. The zero-order valence-electron chi connectivity index (χ0n) is 17.5. The highest BCUT2D eigenvalue weighted by molar-refractivity contribution is 5.67. The van der Waals surface area contributed by atoms with E-state index in [1.54, 1.807) is 6.92 Å². The second-order valence-electron chi connectivity index (χ2n) is 7.64. The molecule has 1 aliphatic heterocycles. The van der Waals surface area contributed by atoms with E-state index in [2.05, 4.69) is 33.4 Å². The molecule has 31 heavy (non-hydrogen) atoms. The Labute approximate surface area is 180 Å². The van der Waals surface area contributed by atoms with Gasteiger partial charge in [0.05, 0.1) is 18.8 Å². The fraction of sp³-hybridized carbons (Fsp3) is 0.261. The molecule has 5 rings (SSSR count). The summed E-state index contributed by atoms with van der Waals surface area (Å²) in [5, 5.41) is 12.9. The summed E-state index contributed by atoms with van der Waals surface area (Å²) < 4.78 is 18.5. The van der Waals surface area contributed by atoms with E-state index in [0.717, 1.165) is 28.3 Å². The van der Waals surface area contributed by atoms with Crippen molar-refractivity contribution in [1.82, 2.24) is 24.9 Å². The molecule has 8 nitrogen and oxygen atoms in total. The summed E-state index contributed by atoms with van der Waals surface area (Å²) >= 11 is 0. The third-order valence-electron chi connectivity index (χ3n) is 5.08. The minimum atomic E-state index is 0.250. The van der Waals surface area contributed by atoms with Gasteiger partial charge >= 0.3 is 0 Å². The quantitative estimate of drug-likeness (QED) is 0.454. The highest BCUT2D eigenvalue weighted by Crippen LogP contribution is 2.36. The standard InChI is InChI=1S/C23H23N5O3/c1-16-24-25-22(31-16)14-27(2)12-19-13-28(11-17-6-4-3-5-7-17)26-23(19)18-8-9-20-21(10-18)30-15-29-20/h3-10,13H,11-12,14-15H2,1-2H3. The van der Waals surface area contributed by atoms with Gasteiger partial charge in [0, 0.05) is 30.8 Å². The van der Waals surface area contributed by atoms with E-state index < -0.39 is 0 Å². The van der Waals surface area contributed by atoms with E-state index in [9.17, 15) is 0 Å². The molecule has 0 amide bonds. The smallest absolute Gasteiger partial charge is 0.231 e. The fourth-order valence-corrected chi connectivity index (χ4v) is 3.70. The molecule has 0 spiro atoms. The summed E-state index contributed by atoms with van der Waals surface area (Å²) in [5.41, 5.74) is 4.22. The first kappa shape index (κ1) is 19.3. The van der Waals surface area contributed by atoms with E-state index in [-0.39, 0.29) is 6.79 Å². The maximum Gasteiger partial charge on any atom is 0.231 e. The van der Waals surface area contributed by atoms with Crippen LogP contribution in [0.25, 0.3) is 11.3 Å². The number of hydrogen-bond donors (Lipinski definition) is 0. The van der Waals surface area contributed by atoms with E-state index in [0.29, 0.717) is 31.4 Å². The number of benzene rings is 2. The van der Waals surface area contributed by atoms with Gasteiger partial charge in [0.1, 0.15) is 0 Å². The summed E-state index contributed by atoms with van der Waals surface area (Å²) in [6.45, 7) is 3.98. The van der Waals surface area contributed by atoms with Gasteiger partial charge in [0.25, 0.3) is 0 Å². The molecule has 3 heterocycles. The molecular formula is C23H23N5O3. The Kier molecular flexibility index (Phi) is 5.13. The average Bonchev–Trinajstić information content (AvgIpc) is 3.48. The molecule has 0 fully saturated rings. The van der Waals surface area contributed by atoms with Crippen LogP contribution in [0.5, 0.6) is 11.5 Å². The molecule has 0 saturated carbocycles. The van der Waals surface area contributed by atoms with Crippen molar-refractivity contribution in [2.75, 3.05) is 13.8 Å². The zero-order chi connectivity index (χ0) is 21.2. The monoisotopic (exact) mass is 417 g/mol. The molecule has 0 radical (unpaired) electrons. The largest absolute Gasteiger partial charge is 0.454 e. The molecule has 2 aromatic heterocycles. The van der Waals surface area contributed by atoms with Gasteiger partial charge in [-0.1, -0.05) is 30.3 Å². The lowest BCUT2D eigenvalue weighted by atomic mass is 10.1. The van der Waals surface area contributed by atoms with Crippen molar-refractivity contribution in [2.24, 2.45) is 0 Å². The lowest BCUT2D eigenvalue weighted by Crippen LogP contribution is -2.17. The van der Waals surface area contributed by atoms with Gasteiger partial charge in [0.2, 0.25) is 18.6 Å². The van der Waals surface area contributed by atoms with Crippen LogP contribution < -0.4 is 9.47 Å². The van der Waals surface area contributed by atoms with Gasteiger partial charge in [-0.3, -0.25) is 9.58 Å². The number of aryl methyl sites for hydroxylation is 1. The molecule has 2 aromatic carbocycles. The van der Waals surface area contributed by atoms with Crippen LogP contribution in [0.1, 0.15) is 22.9 Å². The molecule has 0 unspecified atom stereocenters. The molecule has 0 saturated heterocycles. The van der Waals surface area contributed by atoms with Crippen LogP contribution in [-0.4, -0.2) is 38.7 Å². The van der Waals surface area contributed by atoms with Gasteiger partial charge in [-0.05, 0) is 30.8 Å². The summed E-state index contributed by atoms with van der Waals surface area (Å²) in [7, 11) is 2.03. The second kappa shape index (κ2) is 8.23. The molecule has 1 aliphatic rings. The third-order valence-corrected chi connectivity index (χ3v) is 5.08. The zero-order valence-corrected chi connectivity index (χ0v) is 17.5. The normalized spacial score (nSPS) is 12.6. The molecule has 0 N–H and O–H groups in total. The Morgan fingerprint density at radius 3 is 2.65 bits per heavy atom. The van der Waals surface area contributed by atoms with Crippen molar-refractivity contribution in [3.05, 3.63) is 77.6 Å². The third kappa shape index (κ3) is 4.29. The molecule has 158 valence electrons. The van der Waals surface area contributed by atoms with Crippen molar-refractivity contribution >= 4 is 0 Å². The van der Waals surface area contributed by atoms with E-state index in [1.807, 2.05) is 48.1 Å². The van der Waals surface area contributed by atoms with E-state index in [1.165, 1.54) is 5.56 Å². The van der Waals surface area contributed by atoms with Gasteiger partial charge in [-0.2, -0.15) is 5.10 Å². The molecule has 0 bridgehead atoms. The Bertz CT molecular complexity index is 1190. The number of fused-ring (bicyclic) bond motifs is 1. The van der Waals surface area contributed by atoms with Gasteiger partial charge in [0.15, 0.2) is 11.5 Å². The first-order valence-electron chi connectivity index (χ1n) is 10.1. The number of hydrogen-bond acceptors (Lipinski definition) is 7. The number of aromatic nitrogens is 4. The summed E-state index contributed by atoms with van der Waals surface area (Å²) in [6, 6.07) is 16.2. The Hall–Kier alpha value is -3.65. The summed E-state index contributed by atoms with van der Waals surface area (Å²) in [6.07, 6.45) is 2.10. The predicted octanol–water partition coefficient (Wildman–Crippen LogP) is 3.65. The maximum absolute atomic E-state index is 5.57. The Morgan fingerprint density at radius 2 is 1.84 bits per heavy atom. The lowest BCUT2D eigenvalue weighted by molar-refractivity contribution is 0.174. The highest BCUT2D eigenvalue weighted by Gasteiger charge is 2.19. The van der Waals surface area contributed by atoms with E-state index in [4.69, 9.17) is 19.0 Å². The predicted molar refractivity (Wildman–Crippen MR) is 114 cm³/mol. The van der Waals surface area contributed by atoms with Gasteiger partial charge < -0.3 is 13.9 Å². The Morgan fingerprint density at radius 1 is 1.00 bits per heavy atom. The van der Waals surface area contributed by atoms with Crippen LogP contribution in [0.3, 0.4) is 0 Å². The van der Waals surface area contributed by atoms with Crippen LogP contribution in [0.15, 0.2) is 59.1 Å². The van der Waals surface area contributed by atoms with Crippen molar-refractivity contribution in [2.45, 2.75) is 26.6 Å². The van der Waals surface area contributed by atoms with Crippen LogP contribution in [0.4, 0.5) is 0 Å². The number of nitrogens with zero attached hydrogens (tertiary/aromatic N) is 5. The molecular weight excluding hydrogens is 394 g/mol. The van der Waals surface area contributed by atoms with Crippen LogP contribution in [0, 0.1) is 6.92 Å². The van der Waals surface area contributed by atoms with Crippen LogP contribution in [0.2, 0.25) is 0 Å². The van der Waals surface area contributed by atoms with Crippen molar-refractivity contribution in [3.63, 3.8) is 0 Å². The molecule has 0 aliphatic carbocycles. The minimum absolute atomic E-state index is 0.250. The highest BCUT2D eigenvalue weighted by atomic mass is 16.7. The number of rotatable bonds is 7. The molecule has 4 aromatic rings. The average molecular weight is 417 g/mol. The van der Waals surface area contributed by atoms with Crippen LogP contribution in [-0.2, 0) is 19.6 Å². The van der Waals surface area contributed by atoms with Crippen molar-refractivity contribution in [3.8, 4) is 22.8 Å². The summed E-state index contributed by atoms with van der Waals surface area (Å²) in [4.78, 5) is 2.13. The van der Waals surface area contributed by atoms with E-state index >= 15 is 0 Å². The maximum atomic E-state index is 5.57. The summed E-state index contributed by atoms with van der Waals surface area (Å²) in [5.74, 6) is 2.68. The second-order valence-corrected chi connectivity index (χ2v) is 7.64. The van der Waals surface area contributed by atoms with Gasteiger partial charge in [-0.15, -0.1) is 10.2 Å². The first-order valence-corrected chi connectivity index (χ1v) is 10.1. The van der Waals surface area contributed by atoms with Crippen LogP contribution >= 0.6 is 0 Å². The molecule has 0 atom stereocenters. The topological polar surface area (TPSA) is 78.4 Å². The fourth-order valence-electron chi connectivity index (χ4n) is 3.70. The van der Waals surface area contributed by atoms with Crippen molar-refractivity contribution in [1.29, 1.82) is 0 Å².